The van der Waals surface area contributed by atoms with Crippen LogP contribution in [0.1, 0.15) is 12.5 Å². The molecule has 0 aromatic heterocycles. The van der Waals surface area contributed by atoms with Gasteiger partial charge in [0.25, 0.3) is 0 Å². The minimum Gasteiger partial charge on any atom is -0.481 e. The third-order valence-corrected chi connectivity index (χ3v) is 2.67. The normalized spacial score (nSPS) is 12.2. The highest BCUT2D eigenvalue weighted by molar-refractivity contribution is 6.59. The first-order valence-electron chi connectivity index (χ1n) is 4.79. The number of benzene rings is 1. The highest BCUT2D eigenvalue weighted by Gasteiger charge is 2.16. The van der Waals surface area contributed by atoms with Gasteiger partial charge in [-0.25, -0.2) is 0 Å². The second-order valence-corrected chi connectivity index (χ2v) is 4.08. The lowest BCUT2D eigenvalue weighted by atomic mass is 9.79. The highest BCUT2D eigenvalue weighted by Crippen LogP contribution is 2.18. The van der Waals surface area contributed by atoms with E-state index in [0.29, 0.717) is 17.0 Å². The number of hydrogen-bond donors (Lipinski definition) is 3. The average Bonchev–Trinajstić information content (AvgIpc) is 2.20. The fraction of sp³-hybridized carbons (Fsp3) is 0.300. The van der Waals surface area contributed by atoms with E-state index in [1.807, 2.05) is 0 Å². The largest absolute Gasteiger partial charge is 0.488 e. The number of rotatable bonds is 4. The molecule has 16 heavy (non-hydrogen) atoms. The standard InChI is InChI=1S/C10H12BClO4/c1-6(10(13)14)4-7-2-3-8(11(15)16)5-9(7)12/h2-3,5-6,15-16H,4H2,1H3,(H,13,14). The molecule has 3 N–H and O–H groups in total. The molecule has 1 rings (SSSR count). The summed E-state index contributed by atoms with van der Waals surface area (Å²) in [5.74, 6) is -1.41. The molecule has 0 bridgehead atoms. The number of hydrogen-bond acceptors (Lipinski definition) is 3. The van der Waals surface area contributed by atoms with Crippen molar-refractivity contribution in [1.82, 2.24) is 0 Å². The molecular weight excluding hydrogens is 230 g/mol. The number of carboxylic acid groups (broad SMARTS) is 1. The van der Waals surface area contributed by atoms with Crippen LogP contribution in [-0.2, 0) is 11.2 Å². The monoisotopic (exact) mass is 242 g/mol. The van der Waals surface area contributed by atoms with Crippen molar-refractivity contribution >= 4 is 30.2 Å². The Hall–Kier alpha value is -1.04. The lowest BCUT2D eigenvalue weighted by Crippen LogP contribution is -2.29. The highest BCUT2D eigenvalue weighted by atomic mass is 35.5. The Morgan fingerprint density at radius 2 is 2.12 bits per heavy atom. The van der Waals surface area contributed by atoms with Gasteiger partial charge in [-0.2, -0.15) is 0 Å². The molecule has 0 saturated heterocycles. The third kappa shape index (κ3) is 3.23. The molecule has 0 aliphatic carbocycles. The second kappa shape index (κ2) is 5.34. The summed E-state index contributed by atoms with van der Waals surface area (Å²) in [6, 6.07) is 4.55. The van der Waals surface area contributed by atoms with Crippen LogP contribution >= 0.6 is 11.6 Å². The van der Waals surface area contributed by atoms with Crippen molar-refractivity contribution in [1.29, 1.82) is 0 Å². The van der Waals surface area contributed by atoms with E-state index in [1.54, 1.807) is 13.0 Å². The topological polar surface area (TPSA) is 77.8 Å². The first-order chi connectivity index (χ1) is 7.41. The van der Waals surface area contributed by atoms with Crippen molar-refractivity contribution in [3.05, 3.63) is 28.8 Å². The molecule has 0 aliphatic rings. The molecule has 1 aromatic rings. The summed E-state index contributed by atoms with van der Waals surface area (Å²) in [6.45, 7) is 1.59. The Morgan fingerprint density at radius 3 is 2.56 bits per heavy atom. The predicted molar refractivity (Wildman–Crippen MR) is 61.8 cm³/mol. The van der Waals surface area contributed by atoms with Crippen molar-refractivity contribution < 1.29 is 19.9 Å². The Balaban J connectivity index is 2.87. The van der Waals surface area contributed by atoms with E-state index in [4.69, 9.17) is 26.8 Å². The Bertz CT molecular complexity index is 394. The smallest absolute Gasteiger partial charge is 0.481 e. The number of carbonyl (C=O) groups is 1. The Kier molecular flexibility index (Phi) is 4.35. The third-order valence-electron chi connectivity index (χ3n) is 2.32. The summed E-state index contributed by atoms with van der Waals surface area (Å²) in [4.78, 5) is 10.7. The quantitative estimate of drug-likeness (QED) is 0.663. The number of carboxylic acids is 1. The van der Waals surface area contributed by atoms with Crippen LogP contribution in [0.4, 0.5) is 0 Å². The molecule has 1 aromatic carbocycles. The molecule has 0 aliphatic heterocycles. The number of aliphatic carboxylic acids is 1. The SMILES string of the molecule is CC(Cc1ccc(B(O)O)cc1Cl)C(=O)O. The first kappa shape index (κ1) is 13.0. The molecular formula is C10H12BClO4. The van der Waals surface area contributed by atoms with Crippen LogP contribution in [0.2, 0.25) is 5.02 Å². The van der Waals surface area contributed by atoms with E-state index < -0.39 is 19.0 Å². The maximum absolute atomic E-state index is 10.7. The summed E-state index contributed by atoms with van der Waals surface area (Å²) in [6.07, 6.45) is 0.315. The zero-order valence-corrected chi connectivity index (χ0v) is 9.48. The van der Waals surface area contributed by atoms with Gasteiger partial charge in [0.1, 0.15) is 0 Å². The van der Waals surface area contributed by atoms with Gasteiger partial charge in [-0.3, -0.25) is 4.79 Å². The van der Waals surface area contributed by atoms with Gasteiger partial charge in [0, 0.05) is 5.02 Å². The maximum Gasteiger partial charge on any atom is 0.488 e. The molecule has 0 spiro atoms. The second-order valence-electron chi connectivity index (χ2n) is 3.67. The van der Waals surface area contributed by atoms with E-state index in [2.05, 4.69) is 0 Å². The molecule has 86 valence electrons. The fourth-order valence-electron chi connectivity index (χ4n) is 1.31. The summed E-state index contributed by atoms with van der Waals surface area (Å²) in [7, 11) is -1.57. The summed E-state index contributed by atoms with van der Waals surface area (Å²) >= 11 is 5.91. The lowest BCUT2D eigenvalue weighted by molar-refractivity contribution is -0.141. The van der Waals surface area contributed by atoms with E-state index >= 15 is 0 Å². The first-order valence-corrected chi connectivity index (χ1v) is 5.17. The molecule has 1 unspecified atom stereocenters. The zero-order valence-electron chi connectivity index (χ0n) is 8.72. The van der Waals surface area contributed by atoms with Gasteiger partial charge in [0.15, 0.2) is 0 Å². The van der Waals surface area contributed by atoms with Gasteiger partial charge >= 0.3 is 13.1 Å². The van der Waals surface area contributed by atoms with Crippen LogP contribution in [0.15, 0.2) is 18.2 Å². The Morgan fingerprint density at radius 1 is 1.50 bits per heavy atom. The summed E-state index contributed by atoms with van der Waals surface area (Å²) in [5, 5.41) is 26.9. The zero-order chi connectivity index (χ0) is 12.3. The fourth-order valence-corrected chi connectivity index (χ4v) is 1.57. The van der Waals surface area contributed by atoms with Crippen LogP contribution in [0.5, 0.6) is 0 Å². The minimum atomic E-state index is -1.57. The van der Waals surface area contributed by atoms with Gasteiger partial charge in [-0.05, 0) is 23.5 Å². The predicted octanol–water partition coefficient (Wildman–Crippen LogP) is 0.283. The average molecular weight is 242 g/mol. The lowest BCUT2D eigenvalue weighted by Gasteiger charge is -2.09. The van der Waals surface area contributed by atoms with Crippen molar-refractivity contribution in [3.8, 4) is 0 Å². The molecule has 0 radical (unpaired) electrons. The molecule has 0 saturated carbocycles. The Labute approximate surface area is 98.6 Å². The van der Waals surface area contributed by atoms with Crippen LogP contribution in [0, 0.1) is 5.92 Å². The summed E-state index contributed by atoms with van der Waals surface area (Å²) < 4.78 is 0. The van der Waals surface area contributed by atoms with Gasteiger partial charge in [-0.1, -0.05) is 30.7 Å². The van der Waals surface area contributed by atoms with Crippen molar-refractivity contribution in [2.75, 3.05) is 0 Å². The molecule has 0 amide bonds. The van der Waals surface area contributed by atoms with E-state index in [0.717, 1.165) is 0 Å². The molecule has 6 heteroatoms. The van der Waals surface area contributed by atoms with Crippen molar-refractivity contribution in [3.63, 3.8) is 0 Å². The van der Waals surface area contributed by atoms with Gasteiger partial charge in [0.05, 0.1) is 5.92 Å². The van der Waals surface area contributed by atoms with Crippen molar-refractivity contribution in [2.45, 2.75) is 13.3 Å². The number of halogens is 1. The van der Waals surface area contributed by atoms with Crippen LogP contribution in [0.25, 0.3) is 0 Å². The van der Waals surface area contributed by atoms with E-state index in [9.17, 15) is 4.79 Å². The van der Waals surface area contributed by atoms with Gasteiger partial charge < -0.3 is 15.2 Å². The van der Waals surface area contributed by atoms with Crippen LogP contribution < -0.4 is 5.46 Å². The molecule has 1 atom stereocenters. The molecule has 0 heterocycles. The van der Waals surface area contributed by atoms with Crippen LogP contribution in [0.3, 0.4) is 0 Å². The van der Waals surface area contributed by atoms with Crippen LogP contribution in [-0.4, -0.2) is 28.2 Å². The maximum atomic E-state index is 10.7. The molecule has 0 fully saturated rings. The summed E-state index contributed by atoms with van der Waals surface area (Å²) in [5.41, 5.74) is 0.970. The molecule has 4 nitrogen and oxygen atoms in total. The van der Waals surface area contributed by atoms with Crippen molar-refractivity contribution in [2.24, 2.45) is 5.92 Å². The van der Waals surface area contributed by atoms with Gasteiger partial charge in [0.2, 0.25) is 0 Å². The van der Waals surface area contributed by atoms with E-state index in [-0.39, 0.29) is 5.46 Å². The van der Waals surface area contributed by atoms with E-state index in [1.165, 1.54) is 12.1 Å². The minimum absolute atomic E-state index is 0.289. The van der Waals surface area contributed by atoms with Gasteiger partial charge in [-0.15, -0.1) is 0 Å².